The largest absolute Gasteiger partial charge is 0.339 e. The van der Waals surface area contributed by atoms with E-state index < -0.39 is 5.54 Å². The molecule has 3 N–H and O–H groups in total. The predicted molar refractivity (Wildman–Crippen MR) is 100 cm³/mol. The first-order valence-electron chi connectivity index (χ1n) is 8.87. The zero-order valence-electron chi connectivity index (χ0n) is 14.8. The van der Waals surface area contributed by atoms with Crippen molar-refractivity contribution in [3.63, 3.8) is 0 Å². The number of aromatic nitrogens is 2. The molecule has 1 saturated carbocycles. The van der Waals surface area contributed by atoms with Gasteiger partial charge in [-0.2, -0.15) is 4.98 Å². The van der Waals surface area contributed by atoms with Crippen LogP contribution >= 0.6 is 12.4 Å². The van der Waals surface area contributed by atoms with Crippen LogP contribution in [0.25, 0.3) is 11.4 Å². The zero-order chi connectivity index (χ0) is 18.1. The predicted octanol–water partition coefficient (Wildman–Crippen LogP) is 2.02. The lowest BCUT2D eigenvalue weighted by atomic mass is 9.98. The first-order chi connectivity index (χ1) is 12.6. The topological polar surface area (TPSA) is 114 Å². The molecule has 1 aromatic carbocycles. The van der Waals surface area contributed by atoms with E-state index in [9.17, 15) is 9.59 Å². The Hall–Kier alpha value is -2.45. The molecule has 9 heteroatoms. The average Bonchev–Trinajstić information content (AvgIpc) is 3.36. The molecule has 2 heterocycles. The maximum absolute atomic E-state index is 12.6. The van der Waals surface area contributed by atoms with E-state index >= 15 is 0 Å². The minimum absolute atomic E-state index is 0. The van der Waals surface area contributed by atoms with Gasteiger partial charge < -0.3 is 15.6 Å². The third-order valence-electron chi connectivity index (χ3n) is 5.17. The molecule has 2 aliphatic rings. The van der Waals surface area contributed by atoms with Crippen LogP contribution in [0.5, 0.6) is 0 Å². The maximum atomic E-state index is 12.6. The van der Waals surface area contributed by atoms with Crippen molar-refractivity contribution in [2.75, 3.05) is 6.54 Å². The summed E-state index contributed by atoms with van der Waals surface area (Å²) < 4.78 is 5.27. The fourth-order valence-corrected chi connectivity index (χ4v) is 3.67. The highest BCUT2D eigenvalue weighted by molar-refractivity contribution is 6.07. The second-order valence-electron chi connectivity index (χ2n) is 6.84. The molecule has 0 bridgehead atoms. The molecule has 0 atom stereocenters. The van der Waals surface area contributed by atoms with Gasteiger partial charge in [-0.3, -0.25) is 9.69 Å². The Morgan fingerprint density at radius 3 is 2.56 bits per heavy atom. The summed E-state index contributed by atoms with van der Waals surface area (Å²) in [7, 11) is 0. The Kier molecular flexibility index (Phi) is 5.48. The van der Waals surface area contributed by atoms with Gasteiger partial charge in [-0.1, -0.05) is 42.3 Å². The van der Waals surface area contributed by atoms with Gasteiger partial charge in [0.05, 0.1) is 0 Å². The highest BCUT2D eigenvalue weighted by Gasteiger charge is 2.52. The van der Waals surface area contributed by atoms with E-state index in [4.69, 9.17) is 10.3 Å². The number of nitrogens with two attached hydrogens (primary N) is 1. The molecule has 0 radical (unpaired) electrons. The standard InChI is InChI=1S/C18H21N5O3.ClH/c19-11-12-3-5-13(6-4-12)15-20-14(26-22-15)7-10-23-16(24)18(21-17(23)25)8-1-2-9-18;/h3-6H,1-2,7-11,19H2,(H,21,25);1H. The molecule has 1 aliphatic carbocycles. The molecule has 1 spiro atoms. The zero-order valence-corrected chi connectivity index (χ0v) is 15.6. The van der Waals surface area contributed by atoms with E-state index in [-0.39, 0.29) is 30.9 Å². The molecule has 1 aliphatic heterocycles. The van der Waals surface area contributed by atoms with Crippen LogP contribution in [-0.2, 0) is 17.8 Å². The fraction of sp³-hybridized carbons (Fsp3) is 0.444. The lowest BCUT2D eigenvalue weighted by molar-refractivity contribution is -0.131. The molecule has 4 rings (SSSR count). The first kappa shape index (κ1) is 19.3. The number of imide groups is 1. The van der Waals surface area contributed by atoms with Gasteiger partial charge in [0.25, 0.3) is 5.91 Å². The van der Waals surface area contributed by atoms with Crippen LogP contribution in [0.15, 0.2) is 28.8 Å². The Morgan fingerprint density at radius 2 is 1.89 bits per heavy atom. The van der Waals surface area contributed by atoms with Crippen molar-refractivity contribution in [2.24, 2.45) is 5.73 Å². The van der Waals surface area contributed by atoms with Crippen LogP contribution in [0.2, 0.25) is 0 Å². The molecule has 144 valence electrons. The van der Waals surface area contributed by atoms with Crippen molar-refractivity contribution >= 4 is 24.3 Å². The number of nitrogens with zero attached hydrogens (tertiary/aromatic N) is 3. The van der Waals surface area contributed by atoms with Crippen LogP contribution in [0.1, 0.15) is 37.1 Å². The van der Waals surface area contributed by atoms with Gasteiger partial charge in [-0.05, 0) is 18.4 Å². The molecule has 8 nitrogen and oxygen atoms in total. The number of rotatable bonds is 5. The van der Waals surface area contributed by atoms with E-state index in [0.29, 0.717) is 24.7 Å². The lowest BCUT2D eigenvalue weighted by Gasteiger charge is -2.19. The van der Waals surface area contributed by atoms with E-state index in [0.717, 1.165) is 36.8 Å². The van der Waals surface area contributed by atoms with Crippen LogP contribution in [0, 0.1) is 0 Å². The van der Waals surface area contributed by atoms with Crippen molar-refractivity contribution < 1.29 is 14.1 Å². The number of urea groups is 1. The molecule has 27 heavy (non-hydrogen) atoms. The van der Waals surface area contributed by atoms with Gasteiger partial charge in [0, 0.05) is 25.1 Å². The molecule has 2 fully saturated rings. The summed E-state index contributed by atoms with van der Waals surface area (Å²) >= 11 is 0. The minimum Gasteiger partial charge on any atom is -0.339 e. The number of nitrogens with one attached hydrogen (secondary N) is 1. The molecule has 1 saturated heterocycles. The van der Waals surface area contributed by atoms with E-state index in [2.05, 4.69) is 15.5 Å². The third-order valence-corrected chi connectivity index (χ3v) is 5.17. The normalized spacial score (nSPS) is 18.0. The van der Waals surface area contributed by atoms with E-state index in [1.165, 1.54) is 4.90 Å². The highest BCUT2D eigenvalue weighted by Crippen LogP contribution is 2.35. The number of amides is 3. The van der Waals surface area contributed by atoms with Crippen LogP contribution in [-0.4, -0.2) is 39.1 Å². The smallest absolute Gasteiger partial charge is 0.325 e. The summed E-state index contributed by atoms with van der Waals surface area (Å²) in [5.74, 6) is 0.751. The van der Waals surface area contributed by atoms with Gasteiger partial charge in [-0.15, -0.1) is 12.4 Å². The highest BCUT2D eigenvalue weighted by atomic mass is 35.5. The van der Waals surface area contributed by atoms with Crippen LogP contribution in [0.3, 0.4) is 0 Å². The fourth-order valence-electron chi connectivity index (χ4n) is 3.67. The third kappa shape index (κ3) is 3.54. The van der Waals surface area contributed by atoms with Gasteiger partial charge in [0.2, 0.25) is 11.7 Å². The van der Waals surface area contributed by atoms with Crippen molar-refractivity contribution in [3.8, 4) is 11.4 Å². The minimum atomic E-state index is -0.679. The van der Waals surface area contributed by atoms with Crippen molar-refractivity contribution in [1.82, 2.24) is 20.4 Å². The molecule has 0 unspecified atom stereocenters. The van der Waals surface area contributed by atoms with Crippen molar-refractivity contribution in [2.45, 2.75) is 44.2 Å². The number of hydrogen-bond donors (Lipinski definition) is 2. The van der Waals surface area contributed by atoms with Gasteiger partial charge in [0.1, 0.15) is 5.54 Å². The van der Waals surface area contributed by atoms with E-state index in [1.807, 2.05) is 24.3 Å². The molecule has 1 aromatic heterocycles. The van der Waals surface area contributed by atoms with Crippen LogP contribution < -0.4 is 11.1 Å². The lowest BCUT2D eigenvalue weighted by Crippen LogP contribution is -2.44. The van der Waals surface area contributed by atoms with Gasteiger partial charge >= 0.3 is 6.03 Å². The quantitative estimate of drug-likeness (QED) is 0.753. The second kappa shape index (κ2) is 7.66. The second-order valence-corrected chi connectivity index (χ2v) is 6.84. The Bertz CT molecular complexity index is 830. The summed E-state index contributed by atoms with van der Waals surface area (Å²) in [6.45, 7) is 0.714. The van der Waals surface area contributed by atoms with E-state index in [1.54, 1.807) is 0 Å². The molecular weight excluding hydrogens is 370 g/mol. The summed E-state index contributed by atoms with van der Waals surface area (Å²) in [4.78, 5) is 30.4. The SMILES string of the molecule is Cl.NCc1ccc(-c2noc(CCN3C(=O)NC4(CCCC4)C3=O)n2)cc1. The molecular formula is C18H22ClN5O3. The number of carbonyl (C=O) groups is 2. The first-order valence-corrected chi connectivity index (χ1v) is 8.87. The Morgan fingerprint density at radius 1 is 1.19 bits per heavy atom. The molecule has 3 amide bonds. The maximum Gasteiger partial charge on any atom is 0.325 e. The van der Waals surface area contributed by atoms with Crippen molar-refractivity contribution in [3.05, 3.63) is 35.7 Å². The monoisotopic (exact) mass is 391 g/mol. The van der Waals surface area contributed by atoms with Crippen molar-refractivity contribution in [1.29, 1.82) is 0 Å². The van der Waals surface area contributed by atoms with Crippen LogP contribution in [0.4, 0.5) is 4.79 Å². The van der Waals surface area contributed by atoms with Gasteiger partial charge in [0.15, 0.2) is 0 Å². The number of halogens is 1. The van der Waals surface area contributed by atoms with Gasteiger partial charge in [-0.25, -0.2) is 4.79 Å². The summed E-state index contributed by atoms with van der Waals surface area (Å²) in [5, 5.41) is 6.84. The number of carbonyl (C=O) groups excluding carboxylic acids is 2. The summed E-state index contributed by atoms with van der Waals surface area (Å²) in [5.41, 5.74) is 6.77. The average molecular weight is 392 g/mol. The molecule has 2 aromatic rings. The Labute approximate surface area is 162 Å². The number of benzene rings is 1. The number of hydrogen-bond acceptors (Lipinski definition) is 6. The summed E-state index contributed by atoms with van der Waals surface area (Å²) in [6.07, 6.45) is 3.71. The summed E-state index contributed by atoms with van der Waals surface area (Å²) in [6, 6.07) is 7.28. The Balaban J connectivity index is 0.00000210.